The fourth-order valence-electron chi connectivity index (χ4n) is 3.41. The van der Waals surface area contributed by atoms with Crippen LogP contribution in [0.4, 0.5) is 0 Å². The van der Waals surface area contributed by atoms with E-state index in [9.17, 15) is 4.79 Å². The molecule has 0 spiro atoms. The van der Waals surface area contributed by atoms with Crippen molar-refractivity contribution in [1.29, 1.82) is 5.26 Å². The molecule has 1 fully saturated rings. The van der Waals surface area contributed by atoms with Crippen LogP contribution in [0.15, 0.2) is 48.5 Å². The van der Waals surface area contributed by atoms with Gasteiger partial charge in [0.1, 0.15) is 5.75 Å². The van der Waals surface area contributed by atoms with Gasteiger partial charge in [0.25, 0.3) is 5.91 Å². The predicted octanol–water partition coefficient (Wildman–Crippen LogP) is 4.32. The number of hydrogen-bond acceptors (Lipinski definition) is 3. The number of methoxy groups -OCH3 is 1. The maximum Gasteiger partial charge on any atom is 0.254 e. The lowest BCUT2D eigenvalue weighted by molar-refractivity contribution is 0.0681. The molecular weight excluding hydrogens is 312 g/mol. The summed E-state index contributed by atoms with van der Waals surface area (Å²) in [5.74, 6) is 0.816. The molecule has 2 aromatic carbocycles. The summed E-state index contributed by atoms with van der Waals surface area (Å²) < 4.78 is 5.24. The molecule has 0 N–H and O–H groups in total. The third kappa shape index (κ3) is 3.83. The number of benzene rings is 2. The van der Waals surface area contributed by atoms with Crippen LogP contribution in [0.5, 0.6) is 5.75 Å². The highest BCUT2D eigenvalue weighted by molar-refractivity contribution is 5.94. The predicted molar refractivity (Wildman–Crippen MR) is 96.4 cm³/mol. The Labute approximate surface area is 148 Å². The quantitative estimate of drug-likeness (QED) is 0.840. The first-order chi connectivity index (χ1) is 12.2. The fourth-order valence-corrected chi connectivity index (χ4v) is 3.41. The van der Waals surface area contributed by atoms with Crippen LogP contribution in [-0.2, 0) is 0 Å². The van der Waals surface area contributed by atoms with Crippen molar-refractivity contribution in [3.05, 3.63) is 65.2 Å². The smallest absolute Gasteiger partial charge is 0.254 e. The van der Waals surface area contributed by atoms with Gasteiger partial charge in [-0.3, -0.25) is 4.79 Å². The Bertz CT molecular complexity index is 777. The lowest BCUT2D eigenvalue weighted by Gasteiger charge is -2.30. The number of nitriles is 1. The molecule has 0 saturated carbocycles. The van der Waals surface area contributed by atoms with Crippen molar-refractivity contribution in [2.24, 2.45) is 0 Å². The van der Waals surface area contributed by atoms with Gasteiger partial charge < -0.3 is 9.64 Å². The van der Waals surface area contributed by atoms with E-state index < -0.39 is 0 Å². The second kappa shape index (κ2) is 7.85. The monoisotopic (exact) mass is 334 g/mol. The molecule has 0 unspecified atom stereocenters. The van der Waals surface area contributed by atoms with Crippen molar-refractivity contribution in [2.75, 3.05) is 13.7 Å². The zero-order valence-electron chi connectivity index (χ0n) is 14.4. The van der Waals surface area contributed by atoms with Gasteiger partial charge in [-0.15, -0.1) is 0 Å². The van der Waals surface area contributed by atoms with E-state index in [4.69, 9.17) is 10.00 Å². The van der Waals surface area contributed by atoms with Crippen LogP contribution in [0, 0.1) is 11.3 Å². The van der Waals surface area contributed by atoms with Crippen LogP contribution in [0.1, 0.15) is 53.2 Å². The van der Waals surface area contributed by atoms with Crippen LogP contribution >= 0.6 is 0 Å². The van der Waals surface area contributed by atoms with Gasteiger partial charge in [-0.2, -0.15) is 5.26 Å². The van der Waals surface area contributed by atoms with Crippen molar-refractivity contribution in [2.45, 2.75) is 31.7 Å². The number of carbonyl (C=O) groups excluding carboxylic acids is 1. The van der Waals surface area contributed by atoms with E-state index in [-0.39, 0.29) is 11.9 Å². The van der Waals surface area contributed by atoms with Crippen molar-refractivity contribution in [3.8, 4) is 11.8 Å². The minimum Gasteiger partial charge on any atom is -0.497 e. The summed E-state index contributed by atoms with van der Waals surface area (Å²) in [6.07, 6.45) is 4.21. The summed E-state index contributed by atoms with van der Waals surface area (Å²) in [6.45, 7) is 0.742. The largest absolute Gasteiger partial charge is 0.497 e. The maximum absolute atomic E-state index is 13.1. The minimum atomic E-state index is -0.000168. The van der Waals surface area contributed by atoms with Gasteiger partial charge >= 0.3 is 0 Å². The summed E-state index contributed by atoms with van der Waals surface area (Å²) in [7, 11) is 1.65. The van der Waals surface area contributed by atoms with E-state index in [2.05, 4.69) is 6.07 Å². The van der Waals surface area contributed by atoms with E-state index in [0.29, 0.717) is 11.1 Å². The summed E-state index contributed by atoms with van der Waals surface area (Å²) in [5.41, 5.74) is 2.23. The topological polar surface area (TPSA) is 53.3 Å². The van der Waals surface area contributed by atoms with Gasteiger partial charge in [-0.25, -0.2) is 0 Å². The minimum absolute atomic E-state index is 0.000168. The molecule has 1 aliphatic heterocycles. The number of carbonyl (C=O) groups is 1. The van der Waals surface area contributed by atoms with Crippen LogP contribution in [0.2, 0.25) is 0 Å². The zero-order valence-corrected chi connectivity index (χ0v) is 14.4. The molecule has 3 rings (SSSR count). The molecule has 1 atom stereocenters. The SMILES string of the molecule is COc1ccc([C@H]2CCCCCN2C(=O)c2cccc(C#N)c2)cc1. The van der Waals surface area contributed by atoms with Gasteiger partial charge in [-0.05, 0) is 48.7 Å². The molecule has 0 aliphatic carbocycles. The molecule has 1 saturated heterocycles. The fraction of sp³-hybridized carbons (Fsp3) is 0.333. The second-order valence-corrected chi connectivity index (χ2v) is 6.33. The van der Waals surface area contributed by atoms with Crippen molar-refractivity contribution in [1.82, 2.24) is 4.90 Å². The van der Waals surface area contributed by atoms with E-state index in [1.807, 2.05) is 29.2 Å². The highest BCUT2D eigenvalue weighted by atomic mass is 16.5. The molecule has 2 aromatic rings. The maximum atomic E-state index is 13.1. The Kier molecular flexibility index (Phi) is 5.35. The highest BCUT2D eigenvalue weighted by Crippen LogP contribution is 2.32. The zero-order chi connectivity index (χ0) is 17.6. The van der Waals surface area contributed by atoms with Gasteiger partial charge in [0, 0.05) is 12.1 Å². The summed E-state index contributed by atoms with van der Waals surface area (Å²) in [4.78, 5) is 15.1. The average Bonchev–Trinajstić information content (AvgIpc) is 2.93. The van der Waals surface area contributed by atoms with Crippen molar-refractivity contribution >= 4 is 5.91 Å². The molecule has 1 amide bonds. The lowest BCUT2D eigenvalue weighted by atomic mass is 9.99. The Morgan fingerprint density at radius 1 is 1.16 bits per heavy atom. The summed E-state index contributed by atoms with van der Waals surface area (Å²) in [6, 6.07) is 17.1. The third-order valence-corrected chi connectivity index (χ3v) is 4.75. The Hall–Kier alpha value is -2.80. The Morgan fingerprint density at radius 3 is 2.68 bits per heavy atom. The molecule has 4 heteroatoms. The molecule has 0 radical (unpaired) electrons. The first kappa shape index (κ1) is 17.0. The number of amides is 1. The Balaban J connectivity index is 1.91. The van der Waals surface area contributed by atoms with Crippen LogP contribution in [0.3, 0.4) is 0 Å². The summed E-state index contributed by atoms with van der Waals surface area (Å²) in [5, 5.41) is 9.09. The second-order valence-electron chi connectivity index (χ2n) is 6.33. The number of nitrogens with zero attached hydrogens (tertiary/aromatic N) is 2. The standard InChI is InChI=1S/C21H22N2O2/c1-25-19-11-9-17(10-12-19)20-8-3-2-4-13-23(20)21(24)18-7-5-6-16(14-18)15-22/h5-7,9-12,14,20H,2-4,8,13H2,1H3/t20-/m1/s1. The third-order valence-electron chi connectivity index (χ3n) is 4.75. The van der Waals surface area contributed by atoms with E-state index >= 15 is 0 Å². The molecule has 128 valence electrons. The molecular formula is C21H22N2O2. The van der Waals surface area contributed by atoms with Crippen molar-refractivity contribution < 1.29 is 9.53 Å². The van der Waals surface area contributed by atoms with Gasteiger partial charge in [0.05, 0.1) is 24.8 Å². The molecule has 1 heterocycles. The van der Waals surface area contributed by atoms with Gasteiger partial charge in [0.15, 0.2) is 0 Å². The number of hydrogen-bond donors (Lipinski definition) is 0. The first-order valence-corrected chi connectivity index (χ1v) is 8.68. The molecule has 0 bridgehead atoms. The highest BCUT2D eigenvalue weighted by Gasteiger charge is 2.27. The van der Waals surface area contributed by atoms with E-state index in [1.54, 1.807) is 31.4 Å². The van der Waals surface area contributed by atoms with Gasteiger partial charge in [-0.1, -0.05) is 31.0 Å². The van der Waals surface area contributed by atoms with Crippen LogP contribution < -0.4 is 4.74 Å². The first-order valence-electron chi connectivity index (χ1n) is 8.68. The van der Waals surface area contributed by atoms with E-state index in [0.717, 1.165) is 43.5 Å². The normalized spacial score (nSPS) is 17.4. The van der Waals surface area contributed by atoms with Crippen molar-refractivity contribution in [3.63, 3.8) is 0 Å². The number of ether oxygens (including phenoxy) is 1. The Morgan fingerprint density at radius 2 is 1.96 bits per heavy atom. The average molecular weight is 334 g/mol. The van der Waals surface area contributed by atoms with Crippen LogP contribution in [-0.4, -0.2) is 24.5 Å². The van der Waals surface area contributed by atoms with Crippen LogP contribution in [0.25, 0.3) is 0 Å². The molecule has 4 nitrogen and oxygen atoms in total. The molecule has 0 aromatic heterocycles. The number of rotatable bonds is 3. The summed E-state index contributed by atoms with van der Waals surface area (Å²) >= 11 is 0. The lowest BCUT2D eigenvalue weighted by Crippen LogP contribution is -2.34. The molecule has 25 heavy (non-hydrogen) atoms. The van der Waals surface area contributed by atoms with E-state index in [1.165, 1.54) is 0 Å². The molecule has 1 aliphatic rings. The number of likely N-dealkylation sites (tertiary alicyclic amines) is 1. The van der Waals surface area contributed by atoms with Gasteiger partial charge in [0.2, 0.25) is 0 Å².